The molecule has 1 rings (SSSR count). The minimum absolute atomic E-state index is 0.267. The van der Waals surface area contributed by atoms with Crippen LogP contribution in [0, 0.1) is 5.13 Å². The van der Waals surface area contributed by atoms with E-state index in [4.69, 9.17) is 10.5 Å². The van der Waals surface area contributed by atoms with E-state index in [2.05, 4.69) is 0 Å². The van der Waals surface area contributed by atoms with E-state index in [0.29, 0.717) is 6.61 Å². The summed E-state index contributed by atoms with van der Waals surface area (Å²) in [6, 6.07) is 1.16. The highest BCUT2D eigenvalue weighted by molar-refractivity contribution is 7.08. The number of Topliss-reactive ketones (excluding diaryl/α,β-unsaturated/α-hetero) is 1. The zero-order valence-corrected chi connectivity index (χ0v) is 7.94. The molecule has 0 aliphatic rings. The Morgan fingerprint density at radius 3 is 3.00 bits per heavy atom. The molecule has 0 amide bonds. The Bertz CT molecular complexity index is 300. The van der Waals surface area contributed by atoms with Gasteiger partial charge >= 0.3 is 0 Å². The normalized spacial score (nSPS) is 12.8. The average Bonchev–Trinajstić information content (AvgIpc) is 2.51. The average molecular weight is 203 g/mol. The fraction of sp³-hybridized carbons (Fsp3) is 0.375. The zero-order chi connectivity index (χ0) is 9.84. The van der Waals surface area contributed by atoms with Gasteiger partial charge in [-0.15, -0.1) is 11.3 Å². The summed E-state index contributed by atoms with van der Waals surface area (Å²) in [6.45, 7) is 2.10. The summed E-state index contributed by atoms with van der Waals surface area (Å²) >= 11 is 0.870. The van der Waals surface area contributed by atoms with Gasteiger partial charge in [0.25, 0.3) is 0 Å². The zero-order valence-electron chi connectivity index (χ0n) is 7.12. The largest absolute Gasteiger partial charge is 0.356 e. The number of hydrogen-bond acceptors (Lipinski definition) is 4. The summed E-state index contributed by atoms with van der Waals surface area (Å²) in [4.78, 5) is 11.3. The van der Waals surface area contributed by atoms with Crippen molar-refractivity contribution < 1.29 is 13.9 Å². The standard InChI is InChI=1S/C8H10FNO2S/c1-2-12-8(10)7(11)5-3-6(9)13-4-5/h3-4,8H,2,10H2,1H3. The molecule has 1 aromatic heterocycles. The molecule has 1 aromatic rings. The van der Waals surface area contributed by atoms with Crippen LogP contribution in [0.25, 0.3) is 0 Å². The van der Waals surface area contributed by atoms with Crippen molar-refractivity contribution in [3.8, 4) is 0 Å². The Balaban J connectivity index is 2.67. The van der Waals surface area contributed by atoms with Crippen LogP contribution in [-0.2, 0) is 4.74 Å². The van der Waals surface area contributed by atoms with E-state index in [0.717, 1.165) is 17.4 Å². The van der Waals surface area contributed by atoms with Crippen LogP contribution in [0.4, 0.5) is 4.39 Å². The van der Waals surface area contributed by atoms with Gasteiger partial charge in [-0.25, -0.2) is 0 Å². The summed E-state index contributed by atoms with van der Waals surface area (Å²) < 4.78 is 17.4. The summed E-state index contributed by atoms with van der Waals surface area (Å²) in [6.07, 6.45) is -0.987. The third-order valence-corrected chi connectivity index (χ3v) is 2.17. The van der Waals surface area contributed by atoms with Gasteiger partial charge in [-0.1, -0.05) is 0 Å². The van der Waals surface area contributed by atoms with Crippen molar-refractivity contribution in [1.29, 1.82) is 0 Å². The number of hydrogen-bond donors (Lipinski definition) is 1. The van der Waals surface area contributed by atoms with Gasteiger partial charge in [0.05, 0.1) is 0 Å². The minimum atomic E-state index is -0.987. The monoisotopic (exact) mass is 203 g/mol. The smallest absolute Gasteiger partial charge is 0.207 e. The lowest BCUT2D eigenvalue weighted by Crippen LogP contribution is -2.33. The maximum absolute atomic E-state index is 12.5. The number of nitrogens with two attached hydrogens (primary N) is 1. The third-order valence-electron chi connectivity index (χ3n) is 1.46. The van der Waals surface area contributed by atoms with Gasteiger partial charge in [-0.05, 0) is 13.0 Å². The van der Waals surface area contributed by atoms with Gasteiger partial charge in [-0.2, -0.15) is 4.39 Å². The number of carbonyl (C=O) groups excluding carboxylic acids is 1. The molecule has 72 valence electrons. The number of ketones is 1. The van der Waals surface area contributed by atoms with Gasteiger partial charge in [0, 0.05) is 17.6 Å². The number of halogens is 1. The second-order valence-electron chi connectivity index (χ2n) is 2.38. The van der Waals surface area contributed by atoms with Crippen molar-refractivity contribution >= 4 is 17.1 Å². The van der Waals surface area contributed by atoms with Gasteiger partial charge in [0.2, 0.25) is 5.78 Å². The molecule has 1 unspecified atom stereocenters. The van der Waals surface area contributed by atoms with Gasteiger partial charge in [0.15, 0.2) is 11.4 Å². The van der Waals surface area contributed by atoms with Crippen LogP contribution in [0.1, 0.15) is 17.3 Å². The molecule has 13 heavy (non-hydrogen) atoms. The predicted molar refractivity (Wildman–Crippen MR) is 48.2 cm³/mol. The molecule has 0 aliphatic carbocycles. The Kier molecular flexibility index (Phi) is 3.53. The molecule has 0 bridgehead atoms. The lowest BCUT2D eigenvalue weighted by Gasteiger charge is -2.08. The molecule has 1 heterocycles. The van der Waals surface area contributed by atoms with Crippen molar-refractivity contribution in [2.75, 3.05) is 6.61 Å². The summed E-state index contributed by atoms with van der Waals surface area (Å²) in [5.74, 6) is -0.387. The van der Waals surface area contributed by atoms with Crippen LogP contribution < -0.4 is 5.73 Å². The van der Waals surface area contributed by atoms with Crippen molar-refractivity contribution in [3.05, 3.63) is 22.1 Å². The van der Waals surface area contributed by atoms with Crippen molar-refractivity contribution in [2.24, 2.45) is 5.73 Å². The highest BCUT2D eigenvalue weighted by Gasteiger charge is 2.16. The molecule has 1 atom stereocenters. The fourth-order valence-corrected chi connectivity index (χ4v) is 1.48. The molecule has 2 N–H and O–H groups in total. The first kappa shape index (κ1) is 10.3. The third kappa shape index (κ3) is 2.58. The maximum atomic E-state index is 12.5. The highest BCUT2D eigenvalue weighted by atomic mass is 32.1. The van der Waals surface area contributed by atoms with Crippen molar-refractivity contribution in [2.45, 2.75) is 13.2 Å². The van der Waals surface area contributed by atoms with Gasteiger partial charge < -0.3 is 4.74 Å². The van der Waals surface area contributed by atoms with Crippen LogP contribution in [0.5, 0.6) is 0 Å². The van der Waals surface area contributed by atoms with Gasteiger partial charge in [-0.3, -0.25) is 10.5 Å². The Morgan fingerprint density at radius 1 is 1.85 bits per heavy atom. The van der Waals surface area contributed by atoms with Crippen molar-refractivity contribution in [1.82, 2.24) is 0 Å². The molecule has 0 saturated carbocycles. The first-order valence-electron chi connectivity index (χ1n) is 3.80. The van der Waals surface area contributed by atoms with E-state index in [9.17, 15) is 9.18 Å². The van der Waals surface area contributed by atoms with E-state index in [1.54, 1.807) is 6.92 Å². The van der Waals surface area contributed by atoms with Crippen LogP contribution >= 0.6 is 11.3 Å². The Labute approximate surface area is 79.3 Å². The van der Waals surface area contributed by atoms with Crippen LogP contribution in [0.3, 0.4) is 0 Å². The Hall–Kier alpha value is -0.780. The molecule has 0 spiro atoms. The molecule has 0 fully saturated rings. The van der Waals surface area contributed by atoms with Crippen LogP contribution in [0.2, 0.25) is 0 Å². The summed E-state index contributed by atoms with van der Waals surface area (Å²) in [7, 11) is 0. The highest BCUT2D eigenvalue weighted by Crippen LogP contribution is 2.13. The molecule has 5 heteroatoms. The number of carbonyl (C=O) groups is 1. The van der Waals surface area contributed by atoms with Gasteiger partial charge in [0.1, 0.15) is 0 Å². The SMILES string of the molecule is CCOC(N)C(=O)c1csc(F)c1. The fourth-order valence-electron chi connectivity index (χ4n) is 0.859. The molecule has 0 saturated heterocycles. The van der Waals surface area contributed by atoms with E-state index in [-0.39, 0.29) is 11.3 Å². The van der Waals surface area contributed by atoms with Crippen molar-refractivity contribution in [3.63, 3.8) is 0 Å². The molecule has 0 aromatic carbocycles. The number of ether oxygens (including phenoxy) is 1. The van der Waals surface area contributed by atoms with E-state index in [1.807, 2.05) is 0 Å². The van der Waals surface area contributed by atoms with E-state index >= 15 is 0 Å². The van der Waals surface area contributed by atoms with E-state index in [1.165, 1.54) is 5.38 Å². The van der Waals surface area contributed by atoms with Crippen LogP contribution in [-0.4, -0.2) is 18.6 Å². The predicted octanol–water partition coefficient (Wildman–Crippen LogP) is 1.39. The molecule has 0 aliphatic heterocycles. The number of thiophene rings is 1. The molecular formula is C8H10FNO2S. The Morgan fingerprint density at radius 2 is 2.54 bits per heavy atom. The minimum Gasteiger partial charge on any atom is -0.356 e. The number of rotatable bonds is 4. The summed E-state index contributed by atoms with van der Waals surface area (Å²) in [5.41, 5.74) is 5.65. The second-order valence-corrected chi connectivity index (χ2v) is 3.24. The molecule has 0 radical (unpaired) electrons. The molecule has 3 nitrogen and oxygen atoms in total. The maximum Gasteiger partial charge on any atom is 0.207 e. The topological polar surface area (TPSA) is 52.3 Å². The quantitative estimate of drug-likeness (QED) is 0.594. The van der Waals surface area contributed by atoms with Crippen LogP contribution in [0.15, 0.2) is 11.4 Å². The second kappa shape index (κ2) is 4.45. The lowest BCUT2D eigenvalue weighted by atomic mass is 10.2. The molecular weight excluding hydrogens is 193 g/mol. The van der Waals surface area contributed by atoms with E-state index < -0.39 is 11.4 Å². The summed E-state index contributed by atoms with van der Waals surface area (Å²) in [5, 5.41) is 1.03. The first-order valence-corrected chi connectivity index (χ1v) is 4.68. The lowest BCUT2D eigenvalue weighted by molar-refractivity contribution is 0.0480. The first-order chi connectivity index (χ1) is 6.15.